The molecular weight excluding hydrogens is 467 g/mol. The summed E-state index contributed by atoms with van der Waals surface area (Å²) in [6, 6.07) is 16.7. The smallest absolute Gasteiger partial charge is 0.548 e. The van der Waals surface area contributed by atoms with Crippen LogP contribution in [-0.4, -0.2) is 25.4 Å². The van der Waals surface area contributed by atoms with Gasteiger partial charge in [-0.15, -0.1) is 11.3 Å². The number of H-pyrrole nitrogens is 1. The Bertz CT molecular complexity index is 1440. The number of benzene rings is 2. The van der Waals surface area contributed by atoms with Crippen LogP contribution in [0.2, 0.25) is 0 Å². The number of para-hydroxylation sites is 1. The van der Waals surface area contributed by atoms with E-state index in [0.29, 0.717) is 10.4 Å². The number of sulfonamides is 1. The number of hydrogen-bond acceptors (Lipinski definition) is 5. The van der Waals surface area contributed by atoms with Gasteiger partial charge >= 0.3 is 29.6 Å². The van der Waals surface area contributed by atoms with Gasteiger partial charge in [-0.3, -0.25) is 0 Å². The molecule has 162 valence electrons. The van der Waals surface area contributed by atoms with Gasteiger partial charge in [0.05, 0.1) is 16.9 Å². The minimum atomic E-state index is -4.06. The van der Waals surface area contributed by atoms with Crippen LogP contribution in [-0.2, 0) is 21.2 Å². The predicted molar refractivity (Wildman–Crippen MR) is 123 cm³/mol. The molecule has 0 aliphatic rings. The first-order chi connectivity index (χ1) is 15.3. The summed E-state index contributed by atoms with van der Waals surface area (Å²) in [7, 11) is -4.06. The van der Waals surface area contributed by atoms with Gasteiger partial charge in [0.1, 0.15) is 4.21 Å². The molecule has 0 bridgehead atoms. The maximum absolute atomic E-state index is 12.8. The zero-order valence-electron chi connectivity index (χ0n) is 18.1. The van der Waals surface area contributed by atoms with Gasteiger partial charge in [-0.25, -0.2) is 13.1 Å². The molecule has 0 fully saturated rings. The number of nitrogens with one attached hydrogen (secondary N) is 2. The van der Waals surface area contributed by atoms with E-state index in [0.717, 1.165) is 33.4 Å². The van der Waals surface area contributed by atoms with Gasteiger partial charge in [-0.05, 0) is 49.2 Å². The monoisotopic (exact) mass is 486 g/mol. The average molecular weight is 487 g/mol. The molecule has 0 aliphatic carbocycles. The molecule has 1 atom stereocenters. The SMILES string of the molecule is Cc1ccc(C#Cc2ccc(S(=O)(=O)N[C@H](Cc3c[nH]c4ccccc34)C(=O)[O-])s2)cc1.[Na+]. The molecule has 4 rings (SSSR count). The first-order valence-electron chi connectivity index (χ1n) is 9.78. The van der Waals surface area contributed by atoms with E-state index in [2.05, 4.69) is 21.5 Å². The zero-order valence-corrected chi connectivity index (χ0v) is 21.7. The fourth-order valence-corrected chi connectivity index (χ4v) is 5.60. The molecule has 2 aromatic carbocycles. The molecule has 33 heavy (non-hydrogen) atoms. The van der Waals surface area contributed by atoms with Crippen LogP contribution in [0.4, 0.5) is 0 Å². The second kappa shape index (κ2) is 10.7. The quantitative estimate of drug-likeness (QED) is 0.286. The van der Waals surface area contributed by atoms with Crippen LogP contribution in [0.1, 0.15) is 21.6 Å². The number of aliphatic carboxylic acids is 1. The molecule has 0 unspecified atom stereocenters. The standard InChI is InChI=1S/C24H20N2O4S2.Na/c1-16-6-8-17(9-7-16)10-11-19-12-13-23(31-19)32(29,30)26-22(24(27)28)14-18-15-25-21-5-3-2-4-20(18)21;/h2-9,12-13,15,22,25-26H,14H2,1H3,(H,27,28);/q;+1/p-1/t22-;/m1./s1. The Hall–Kier alpha value is -2.38. The molecule has 6 nitrogen and oxygen atoms in total. The Morgan fingerprint density at radius 1 is 1.09 bits per heavy atom. The van der Waals surface area contributed by atoms with Crippen LogP contribution >= 0.6 is 11.3 Å². The molecule has 0 radical (unpaired) electrons. The second-order valence-corrected chi connectivity index (χ2v) is 10.3. The number of carboxylic acid groups (broad SMARTS) is 1. The summed E-state index contributed by atoms with van der Waals surface area (Å²) >= 11 is 0.983. The van der Waals surface area contributed by atoms with Crippen molar-refractivity contribution in [3.05, 3.63) is 88.4 Å². The third-order valence-corrected chi connectivity index (χ3v) is 7.87. The third-order valence-electron chi connectivity index (χ3n) is 4.91. The number of fused-ring (bicyclic) bond motifs is 1. The maximum atomic E-state index is 12.8. The normalized spacial score (nSPS) is 11.9. The number of rotatable bonds is 6. The van der Waals surface area contributed by atoms with Crippen LogP contribution in [0.5, 0.6) is 0 Å². The van der Waals surface area contributed by atoms with Crippen molar-refractivity contribution in [2.75, 3.05) is 0 Å². The number of hydrogen-bond donors (Lipinski definition) is 2. The third kappa shape index (κ3) is 6.15. The van der Waals surface area contributed by atoms with E-state index < -0.39 is 22.0 Å². The summed E-state index contributed by atoms with van der Waals surface area (Å²) in [5, 5.41) is 12.5. The zero-order chi connectivity index (χ0) is 22.7. The number of carbonyl (C=O) groups excluding carboxylic acids is 1. The molecule has 9 heteroatoms. The Labute approximate surface area is 218 Å². The molecule has 2 N–H and O–H groups in total. The molecule has 0 aliphatic heterocycles. The van der Waals surface area contributed by atoms with Gasteiger partial charge in [0.15, 0.2) is 0 Å². The number of thiophene rings is 1. The van der Waals surface area contributed by atoms with Crippen molar-refractivity contribution in [2.45, 2.75) is 23.6 Å². The van der Waals surface area contributed by atoms with E-state index in [1.165, 1.54) is 6.07 Å². The van der Waals surface area contributed by atoms with Crippen LogP contribution in [0, 0.1) is 18.8 Å². The molecule has 2 heterocycles. The molecule has 0 spiro atoms. The van der Waals surface area contributed by atoms with E-state index in [1.54, 1.807) is 12.3 Å². The minimum Gasteiger partial charge on any atom is -0.548 e. The minimum absolute atomic E-state index is 0. The van der Waals surface area contributed by atoms with E-state index in [4.69, 9.17) is 0 Å². The van der Waals surface area contributed by atoms with Crippen molar-refractivity contribution < 1.29 is 47.9 Å². The predicted octanol–water partition coefficient (Wildman–Crippen LogP) is -0.419. The van der Waals surface area contributed by atoms with E-state index in [9.17, 15) is 18.3 Å². The van der Waals surface area contributed by atoms with Crippen molar-refractivity contribution in [2.24, 2.45) is 0 Å². The van der Waals surface area contributed by atoms with Crippen molar-refractivity contribution in [1.82, 2.24) is 9.71 Å². The van der Waals surface area contributed by atoms with Gasteiger partial charge in [0.25, 0.3) is 10.0 Å². The summed E-state index contributed by atoms with van der Waals surface area (Å²) in [6.07, 6.45) is 1.63. The van der Waals surface area contributed by atoms with Crippen LogP contribution in [0.25, 0.3) is 10.9 Å². The first-order valence-corrected chi connectivity index (χ1v) is 12.1. The average Bonchev–Trinajstić information content (AvgIpc) is 3.41. The molecule has 0 saturated heterocycles. The summed E-state index contributed by atoms with van der Waals surface area (Å²) < 4.78 is 27.9. The Morgan fingerprint density at radius 3 is 2.55 bits per heavy atom. The molecule has 2 aromatic heterocycles. The maximum Gasteiger partial charge on any atom is 1.00 e. The Balaban J connectivity index is 0.00000306. The molecule has 0 amide bonds. The van der Waals surface area contributed by atoms with Gasteiger partial charge in [-0.1, -0.05) is 47.7 Å². The molecule has 4 aromatic rings. The summed E-state index contributed by atoms with van der Waals surface area (Å²) in [4.78, 5) is 15.3. The van der Waals surface area contributed by atoms with Crippen LogP contribution < -0.4 is 39.4 Å². The van der Waals surface area contributed by atoms with E-state index in [1.807, 2.05) is 55.5 Å². The first kappa shape index (κ1) is 25.2. The van der Waals surface area contributed by atoms with Crippen molar-refractivity contribution in [1.29, 1.82) is 0 Å². The summed E-state index contributed by atoms with van der Waals surface area (Å²) in [5.41, 5.74) is 3.48. The number of carboxylic acids is 1. The summed E-state index contributed by atoms with van der Waals surface area (Å²) in [6.45, 7) is 1.99. The van der Waals surface area contributed by atoms with Gasteiger partial charge in [0, 0.05) is 22.7 Å². The molecular formula is C24H19N2NaO4S2. The number of aromatic nitrogens is 1. The fourth-order valence-electron chi connectivity index (χ4n) is 3.24. The van der Waals surface area contributed by atoms with E-state index >= 15 is 0 Å². The largest absolute Gasteiger partial charge is 1.00 e. The number of carbonyl (C=O) groups is 1. The van der Waals surface area contributed by atoms with Crippen LogP contribution in [0.3, 0.4) is 0 Å². The summed E-state index contributed by atoms with van der Waals surface area (Å²) in [5.74, 6) is 4.45. The van der Waals surface area contributed by atoms with Gasteiger partial charge in [-0.2, -0.15) is 0 Å². The van der Waals surface area contributed by atoms with Gasteiger partial charge in [0.2, 0.25) is 0 Å². The second-order valence-electron chi connectivity index (χ2n) is 7.29. The fraction of sp³-hybridized carbons (Fsp3) is 0.125. The van der Waals surface area contributed by atoms with Crippen molar-refractivity contribution in [3.63, 3.8) is 0 Å². The Morgan fingerprint density at radius 2 is 1.82 bits per heavy atom. The van der Waals surface area contributed by atoms with Crippen molar-refractivity contribution in [3.8, 4) is 11.8 Å². The molecule has 0 saturated carbocycles. The number of aryl methyl sites for hydroxylation is 1. The van der Waals surface area contributed by atoms with Crippen LogP contribution in [0.15, 0.2) is 71.1 Å². The number of aromatic amines is 1. The van der Waals surface area contributed by atoms with Gasteiger partial charge < -0.3 is 14.9 Å². The Kier molecular flexibility index (Phi) is 8.19. The van der Waals surface area contributed by atoms with Crippen molar-refractivity contribution >= 4 is 38.2 Å². The van der Waals surface area contributed by atoms with E-state index in [-0.39, 0.29) is 40.2 Å². The topological polar surface area (TPSA) is 102 Å².